The van der Waals surface area contributed by atoms with Crippen LogP contribution in [0.3, 0.4) is 0 Å². The van der Waals surface area contributed by atoms with Gasteiger partial charge in [0, 0.05) is 30.8 Å². The molecule has 1 atom stereocenters. The molecule has 3 rings (SSSR count). The minimum atomic E-state index is -0.00285. The Morgan fingerprint density at radius 2 is 1.43 bits per heavy atom. The number of carbonyl (C=O) groups is 1. The van der Waals surface area contributed by atoms with Gasteiger partial charge in [-0.25, -0.2) is 0 Å². The molecule has 2 aromatic rings. The van der Waals surface area contributed by atoms with Gasteiger partial charge in [0.05, 0.1) is 13.2 Å². The monoisotopic (exact) mass is 666 g/mol. The average Bonchev–Trinajstić information content (AvgIpc) is 2.98. The number of allylic oxidation sites excluding steroid dienone is 1. The summed E-state index contributed by atoms with van der Waals surface area (Å²) in [4.78, 5) is 19.1. The number of aliphatic imine (C=N–C) groups is 1. The van der Waals surface area contributed by atoms with E-state index >= 15 is 0 Å². The van der Waals surface area contributed by atoms with Crippen LogP contribution in [0, 0.1) is 5.41 Å². The van der Waals surface area contributed by atoms with Crippen molar-refractivity contribution in [2.75, 3.05) is 18.1 Å². The zero-order valence-electron chi connectivity index (χ0n) is 28.1. The van der Waals surface area contributed by atoms with Crippen molar-refractivity contribution in [2.24, 2.45) is 10.4 Å². The highest BCUT2D eigenvalue weighted by molar-refractivity contribution is 8.93. The van der Waals surface area contributed by atoms with E-state index in [1.54, 1.807) is 6.92 Å². The summed E-state index contributed by atoms with van der Waals surface area (Å²) in [5, 5.41) is 0. The smallest absolute Gasteiger partial charge is 0.224 e. The van der Waals surface area contributed by atoms with E-state index in [-0.39, 0.29) is 28.3 Å². The average molecular weight is 668 g/mol. The molecule has 1 heterocycles. The summed E-state index contributed by atoms with van der Waals surface area (Å²) in [6.45, 7) is 10.3. The van der Waals surface area contributed by atoms with Gasteiger partial charge in [0.15, 0.2) is 0 Å². The van der Waals surface area contributed by atoms with Gasteiger partial charge in [-0.1, -0.05) is 128 Å². The van der Waals surface area contributed by atoms with Gasteiger partial charge in [0.25, 0.3) is 0 Å². The van der Waals surface area contributed by atoms with Crippen LogP contribution in [0.5, 0.6) is 5.75 Å². The predicted molar refractivity (Wildman–Crippen MR) is 195 cm³/mol. The van der Waals surface area contributed by atoms with Gasteiger partial charge < -0.3 is 9.64 Å². The van der Waals surface area contributed by atoms with Crippen molar-refractivity contribution in [3.8, 4) is 5.75 Å². The number of anilines is 1. The molecule has 1 unspecified atom stereocenters. The van der Waals surface area contributed by atoms with Crippen LogP contribution in [-0.2, 0) is 17.8 Å². The zero-order chi connectivity index (χ0) is 30.8. The Kier molecular flexibility index (Phi) is 18.3. The van der Waals surface area contributed by atoms with E-state index in [1.165, 1.54) is 94.6 Å². The molecular weight excluding hydrogens is 608 g/mol. The van der Waals surface area contributed by atoms with E-state index in [4.69, 9.17) is 4.74 Å². The molecule has 0 radical (unpaired) electrons. The molecule has 4 nitrogen and oxygen atoms in total. The number of amides is 1. The number of carbonyl (C=O) groups excluding carboxylic acids is 1. The lowest BCUT2D eigenvalue weighted by Crippen LogP contribution is -2.28. The topological polar surface area (TPSA) is 41.9 Å². The Labute approximate surface area is 279 Å². The molecule has 0 spiro atoms. The molecule has 5 heteroatoms. The number of hydrogen-bond acceptors (Lipinski definition) is 3. The van der Waals surface area contributed by atoms with Gasteiger partial charge in [-0.2, -0.15) is 0 Å². The van der Waals surface area contributed by atoms with E-state index in [9.17, 15) is 4.79 Å². The molecule has 0 N–H and O–H groups in total. The maximum atomic E-state index is 12.7. The molecule has 0 saturated heterocycles. The van der Waals surface area contributed by atoms with Gasteiger partial charge >= 0.3 is 0 Å². The van der Waals surface area contributed by atoms with Gasteiger partial charge in [-0.15, -0.1) is 17.0 Å². The van der Waals surface area contributed by atoms with Gasteiger partial charge in [-0.3, -0.25) is 9.79 Å². The maximum absolute atomic E-state index is 12.7. The summed E-state index contributed by atoms with van der Waals surface area (Å²) in [5.74, 6) is 0.924. The number of nitrogens with zero attached hydrogens (tertiary/aromatic N) is 2. The first-order valence-electron chi connectivity index (χ1n) is 17.2. The standard InChI is InChI=1S/C39H58N2O2.BrH/c1-5-6-7-8-9-10-11-12-13-14-15-16-17-18-25-43-38-24-20-22-36(27-38)31-41(34(3)42)37-23-19-21-35(26-37)29-39(4)28-33(2)30-40-32-39;/h19-24,26-28,30H,5-18,25,29,31-32H2,1-4H3;1H. The Hall–Kier alpha value is -2.40. The van der Waals surface area contributed by atoms with Gasteiger partial charge in [0.1, 0.15) is 5.75 Å². The number of hydrogen-bond donors (Lipinski definition) is 0. The largest absolute Gasteiger partial charge is 0.494 e. The fourth-order valence-corrected chi connectivity index (χ4v) is 6.23. The van der Waals surface area contributed by atoms with E-state index in [2.05, 4.69) is 62.2 Å². The lowest BCUT2D eigenvalue weighted by Gasteiger charge is -2.28. The molecule has 244 valence electrons. The number of unbranched alkanes of at least 4 members (excludes halogenated alkanes) is 13. The zero-order valence-corrected chi connectivity index (χ0v) is 29.8. The third kappa shape index (κ3) is 14.6. The number of halogens is 1. The quantitative estimate of drug-likeness (QED) is 0.124. The Morgan fingerprint density at radius 1 is 0.841 bits per heavy atom. The predicted octanol–water partition coefficient (Wildman–Crippen LogP) is 11.3. The molecule has 0 fully saturated rings. The van der Waals surface area contributed by atoms with Crippen LogP contribution in [-0.4, -0.2) is 25.3 Å². The highest BCUT2D eigenvalue weighted by Crippen LogP contribution is 2.30. The van der Waals surface area contributed by atoms with Crippen molar-refractivity contribution in [3.05, 3.63) is 71.3 Å². The molecule has 44 heavy (non-hydrogen) atoms. The van der Waals surface area contributed by atoms with Crippen molar-refractivity contribution in [1.82, 2.24) is 0 Å². The van der Waals surface area contributed by atoms with Crippen LogP contribution < -0.4 is 9.64 Å². The fourth-order valence-electron chi connectivity index (χ4n) is 6.23. The van der Waals surface area contributed by atoms with Gasteiger partial charge in [0.2, 0.25) is 5.91 Å². The molecule has 0 saturated carbocycles. The molecular formula is C39H59BrN2O2. The third-order valence-electron chi connectivity index (χ3n) is 8.54. The Bertz CT molecular complexity index is 1160. The lowest BCUT2D eigenvalue weighted by molar-refractivity contribution is -0.116. The molecule has 2 aromatic carbocycles. The summed E-state index contributed by atoms with van der Waals surface area (Å²) in [6, 6.07) is 16.6. The normalized spacial score (nSPS) is 15.9. The Balaban J connectivity index is 0.00000675. The van der Waals surface area contributed by atoms with E-state index in [0.29, 0.717) is 6.54 Å². The SMILES string of the molecule is Br.CCCCCCCCCCCCCCCCOc1cccc(CN(C(C)=O)c2cccc(CC3(C)C=C(C)C=NC3)c2)c1. The summed E-state index contributed by atoms with van der Waals surface area (Å²) in [7, 11) is 0. The number of benzene rings is 2. The molecule has 0 aromatic heterocycles. The van der Waals surface area contributed by atoms with Crippen LogP contribution in [0.1, 0.15) is 129 Å². The van der Waals surface area contributed by atoms with Crippen LogP contribution in [0.4, 0.5) is 5.69 Å². The van der Waals surface area contributed by atoms with Crippen molar-refractivity contribution in [3.63, 3.8) is 0 Å². The number of ether oxygens (including phenoxy) is 1. The van der Waals surface area contributed by atoms with Crippen LogP contribution in [0.15, 0.2) is 65.2 Å². The van der Waals surface area contributed by atoms with Crippen molar-refractivity contribution < 1.29 is 9.53 Å². The highest BCUT2D eigenvalue weighted by Gasteiger charge is 2.24. The van der Waals surface area contributed by atoms with E-state index < -0.39 is 0 Å². The first-order valence-corrected chi connectivity index (χ1v) is 17.2. The maximum Gasteiger partial charge on any atom is 0.224 e. The summed E-state index contributed by atoms with van der Waals surface area (Å²) < 4.78 is 6.10. The molecule has 0 bridgehead atoms. The van der Waals surface area contributed by atoms with Crippen LogP contribution >= 0.6 is 17.0 Å². The minimum Gasteiger partial charge on any atom is -0.494 e. The Morgan fingerprint density at radius 3 is 2.05 bits per heavy atom. The van der Waals surface area contributed by atoms with E-state index in [0.717, 1.165) is 43.0 Å². The molecule has 1 aliphatic rings. The molecule has 1 aliphatic heterocycles. The van der Waals surface area contributed by atoms with E-state index in [1.807, 2.05) is 29.3 Å². The number of rotatable bonds is 21. The molecule has 0 aliphatic carbocycles. The second-order valence-electron chi connectivity index (χ2n) is 13.1. The second-order valence-corrected chi connectivity index (χ2v) is 13.1. The van der Waals surface area contributed by atoms with Gasteiger partial charge in [-0.05, 0) is 60.7 Å². The molecule has 1 amide bonds. The first-order chi connectivity index (χ1) is 20.9. The first kappa shape index (κ1) is 37.8. The summed E-state index contributed by atoms with van der Waals surface area (Å²) >= 11 is 0. The van der Waals surface area contributed by atoms with Crippen molar-refractivity contribution in [2.45, 2.75) is 131 Å². The highest BCUT2D eigenvalue weighted by atomic mass is 79.9. The fraction of sp³-hybridized carbons (Fsp3) is 0.590. The number of dihydropyridines is 1. The van der Waals surface area contributed by atoms with Crippen molar-refractivity contribution >= 4 is 34.8 Å². The third-order valence-corrected chi connectivity index (χ3v) is 8.54. The second kappa shape index (κ2) is 21.4. The lowest BCUT2D eigenvalue weighted by atomic mass is 9.81. The summed E-state index contributed by atoms with van der Waals surface area (Å²) in [5.41, 5.74) is 4.44. The summed E-state index contributed by atoms with van der Waals surface area (Å²) in [6.07, 6.45) is 24.2. The van der Waals surface area contributed by atoms with Crippen LogP contribution in [0.25, 0.3) is 0 Å². The van der Waals surface area contributed by atoms with Crippen LogP contribution in [0.2, 0.25) is 0 Å². The minimum absolute atomic E-state index is 0. The van der Waals surface area contributed by atoms with Crippen molar-refractivity contribution in [1.29, 1.82) is 0 Å².